The van der Waals surface area contributed by atoms with Gasteiger partial charge in [-0.1, -0.05) is 6.92 Å². The fourth-order valence-corrected chi connectivity index (χ4v) is 1.66. The molecule has 0 saturated carbocycles. The number of methoxy groups -OCH3 is 2. The average Bonchev–Trinajstić information content (AvgIpc) is 2.50. The Morgan fingerprint density at radius 1 is 1.40 bits per heavy atom. The van der Waals surface area contributed by atoms with Gasteiger partial charge in [-0.15, -0.1) is 0 Å². The fourth-order valence-electron chi connectivity index (χ4n) is 1.66. The van der Waals surface area contributed by atoms with E-state index in [0.29, 0.717) is 17.9 Å². The summed E-state index contributed by atoms with van der Waals surface area (Å²) in [5.74, 6) is 1.09. The Bertz CT molecular complexity index is 467. The Morgan fingerprint density at radius 2 is 2.15 bits per heavy atom. The lowest BCUT2D eigenvalue weighted by Gasteiger charge is -2.12. The molecule has 0 spiro atoms. The Labute approximate surface area is 119 Å². The standard InChI is InChI=1S/C15H21NO4/c1-4-12(10-17)16-15(18)8-5-11-9-13(19-2)6-7-14(11)20-3/h5-9,12,17H,4,10H2,1-3H3,(H,16,18)/b8-5+. The first-order chi connectivity index (χ1) is 9.64. The number of nitrogens with one attached hydrogen (secondary N) is 1. The Balaban J connectivity index is 2.80. The van der Waals surface area contributed by atoms with Crippen LogP contribution in [0.1, 0.15) is 18.9 Å². The molecular formula is C15H21NO4. The molecule has 5 heteroatoms. The molecule has 1 unspecified atom stereocenters. The monoisotopic (exact) mass is 279 g/mol. The number of rotatable bonds is 7. The summed E-state index contributed by atoms with van der Waals surface area (Å²) in [7, 11) is 3.15. The van der Waals surface area contributed by atoms with E-state index in [-0.39, 0.29) is 18.6 Å². The van der Waals surface area contributed by atoms with Gasteiger partial charge in [0.25, 0.3) is 0 Å². The molecule has 1 aromatic carbocycles. The van der Waals surface area contributed by atoms with Crippen molar-refractivity contribution in [2.24, 2.45) is 0 Å². The lowest BCUT2D eigenvalue weighted by molar-refractivity contribution is -0.117. The first-order valence-electron chi connectivity index (χ1n) is 6.46. The molecule has 1 aromatic rings. The van der Waals surface area contributed by atoms with Crippen LogP contribution in [-0.2, 0) is 4.79 Å². The number of carbonyl (C=O) groups excluding carboxylic acids is 1. The van der Waals surface area contributed by atoms with Gasteiger partial charge in [0.1, 0.15) is 11.5 Å². The number of benzene rings is 1. The van der Waals surface area contributed by atoms with Crippen molar-refractivity contribution >= 4 is 12.0 Å². The number of hydrogen-bond donors (Lipinski definition) is 2. The van der Waals surface area contributed by atoms with E-state index in [9.17, 15) is 4.79 Å². The van der Waals surface area contributed by atoms with E-state index in [1.807, 2.05) is 6.92 Å². The molecule has 0 fully saturated rings. The molecule has 1 atom stereocenters. The molecule has 0 aromatic heterocycles. The zero-order valence-electron chi connectivity index (χ0n) is 12.1. The third kappa shape index (κ3) is 4.59. The molecular weight excluding hydrogens is 258 g/mol. The maximum absolute atomic E-state index is 11.7. The summed E-state index contributed by atoms with van der Waals surface area (Å²) in [5, 5.41) is 11.7. The predicted molar refractivity (Wildman–Crippen MR) is 77.9 cm³/mol. The first kappa shape index (κ1) is 16.0. The van der Waals surface area contributed by atoms with Crippen LogP contribution in [0.15, 0.2) is 24.3 Å². The van der Waals surface area contributed by atoms with Crippen LogP contribution in [0, 0.1) is 0 Å². The first-order valence-corrected chi connectivity index (χ1v) is 6.46. The van der Waals surface area contributed by atoms with Gasteiger partial charge >= 0.3 is 0 Å². The van der Waals surface area contributed by atoms with Gasteiger partial charge in [0.05, 0.1) is 26.9 Å². The third-order valence-electron chi connectivity index (χ3n) is 2.91. The normalized spacial score (nSPS) is 12.2. The van der Waals surface area contributed by atoms with E-state index in [1.165, 1.54) is 6.08 Å². The molecule has 0 aliphatic carbocycles. The topological polar surface area (TPSA) is 67.8 Å². The summed E-state index contributed by atoms with van der Waals surface area (Å²) in [6, 6.07) is 5.12. The van der Waals surface area contributed by atoms with Gasteiger partial charge < -0.3 is 19.9 Å². The van der Waals surface area contributed by atoms with Crippen molar-refractivity contribution in [2.45, 2.75) is 19.4 Å². The highest BCUT2D eigenvalue weighted by atomic mass is 16.5. The molecule has 0 heterocycles. The maximum Gasteiger partial charge on any atom is 0.244 e. The molecule has 0 bridgehead atoms. The van der Waals surface area contributed by atoms with E-state index in [0.717, 1.165) is 5.56 Å². The minimum atomic E-state index is -0.254. The summed E-state index contributed by atoms with van der Waals surface area (Å²) in [5.41, 5.74) is 0.749. The molecule has 20 heavy (non-hydrogen) atoms. The van der Waals surface area contributed by atoms with Crippen molar-refractivity contribution < 1.29 is 19.4 Å². The SMILES string of the molecule is CCC(CO)NC(=O)/C=C/c1cc(OC)ccc1OC. The van der Waals surface area contributed by atoms with Crippen LogP contribution in [0.25, 0.3) is 6.08 Å². The summed E-state index contributed by atoms with van der Waals surface area (Å²) in [4.78, 5) is 11.7. The summed E-state index contributed by atoms with van der Waals surface area (Å²) in [6.07, 6.45) is 3.74. The summed E-state index contributed by atoms with van der Waals surface area (Å²) in [6.45, 7) is 1.83. The van der Waals surface area contributed by atoms with E-state index in [1.54, 1.807) is 38.5 Å². The quantitative estimate of drug-likeness (QED) is 0.744. The van der Waals surface area contributed by atoms with E-state index < -0.39 is 0 Å². The van der Waals surface area contributed by atoms with Gasteiger partial charge in [0, 0.05) is 11.6 Å². The molecule has 0 aliphatic heterocycles. The van der Waals surface area contributed by atoms with Gasteiger partial charge in [-0.05, 0) is 30.7 Å². The zero-order valence-corrected chi connectivity index (χ0v) is 12.1. The summed E-state index contributed by atoms with van der Waals surface area (Å²) < 4.78 is 10.4. The average molecular weight is 279 g/mol. The molecule has 1 rings (SSSR count). The van der Waals surface area contributed by atoms with Crippen molar-refractivity contribution in [3.8, 4) is 11.5 Å². The Morgan fingerprint density at radius 3 is 2.70 bits per heavy atom. The van der Waals surface area contributed by atoms with Gasteiger partial charge in [0.2, 0.25) is 5.91 Å². The smallest absolute Gasteiger partial charge is 0.244 e. The third-order valence-corrected chi connectivity index (χ3v) is 2.91. The number of aliphatic hydroxyl groups is 1. The molecule has 2 N–H and O–H groups in total. The van der Waals surface area contributed by atoms with Gasteiger partial charge in [-0.2, -0.15) is 0 Å². The second-order valence-corrected chi connectivity index (χ2v) is 4.24. The van der Waals surface area contributed by atoms with Crippen LogP contribution in [0.3, 0.4) is 0 Å². The highest BCUT2D eigenvalue weighted by Crippen LogP contribution is 2.24. The van der Waals surface area contributed by atoms with Crippen LogP contribution >= 0.6 is 0 Å². The minimum absolute atomic E-state index is 0.0709. The van der Waals surface area contributed by atoms with Crippen molar-refractivity contribution in [1.82, 2.24) is 5.32 Å². The van der Waals surface area contributed by atoms with Crippen molar-refractivity contribution in [3.05, 3.63) is 29.8 Å². The summed E-state index contributed by atoms with van der Waals surface area (Å²) >= 11 is 0. The molecule has 0 radical (unpaired) electrons. The van der Waals surface area contributed by atoms with E-state index in [4.69, 9.17) is 14.6 Å². The molecule has 5 nitrogen and oxygen atoms in total. The fraction of sp³-hybridized carbons (Fsp3) is 0.400. The highest BCUT2D eigenvalue weighted by molar-refractivity contribution is 5.92. The molecule has 110 valence electrons. The Kier molecular flexibility index (Phi) is 6.59. The molecule has 0 saturated heterocycles. The second kappa shape index (κ2) is 8.22. The van der Waals surface area contributed by atoms with Crippen molar-refractivity contribution in [2.75, 3.05) is 20.8 Å². The van der Waals surface area contributed by atoms with Gasteiger partial charge in [0.15, 0.2) is 0 Å². The largest absolute Gasteiger partial charge is 0.497 e. The van der Waals surface area contributed by atoms with Crippen LogP contribution in [-0.4, -0.2) is 37.9 Å². The molecule has 1 amide bonds. The number of ether oxygens (including phenoxy) is 2. The minimum Gasteiger partial charge on any atom is -0.497 e. The number of hydrogen-bond acceptors (Lipinski definition) is 4. The van der Waals surface area contributed by atoms with E-state index >= 15 is 0 Å². The van der Waals surface area contributed by atoms with Crippen LogP contribution in [0.5, 0.6) is 11.5 Å². The van der Waals surface area contributed by atoms with E-state index in [2.05, 4.69) is 5.32 Å². The van der Waals surface area contributed by atoms with Crippen LogP contribution in [0.2, 0.25) is 0 Å². The lowest BCUT2D eigenvalue weighted by atomic mass is 10.1. The van der Waals surface area contributed by atoms with Gasteiger partial charge in [-0.25, -0.2) is 0 Å². The van der Waals surface area contributed by atoms with Crippen molar-refractivity contribution in [1.29, 1.82) is 0 Å². The number of amides is 1. The second-order valence-electron chi connectivity index (χ2n) is 4.24. The zero-order chi connectivity index (χ0) is 15.0. The Hall–Kier alpha value is -2.01. The number of carbonyl (C=O) groups is 1. The van der Waals surface area contributed by atoms with Crippen molar-refractivity contribution in [3.63, 3.8) is 0 Å². The highest BCUT2D eigenvalue weighted by Gasteiger charge is 2.07. The maximum atomic E-state index is 11.7. The van der Waals surface area contributed by atoms with Gasteiger partial charge in [-0.3, -0.25) is 4.79 Å². The van der Waals surface area contributed by atoms with Crippen LogP contribution < -0.4 is 14.8 Å². The molecule has 0 aliphatic rings. The van der Waals surface area contributed by atoms with Crippen LogP contribution in [0.4, 0.5) is 0 Å². The number of aliphatic hydroxyl groups excluding tert-OH is 1. The predicted octanol–water partition coefficient (Wildman–Crippen LogP) is 1.60. The lowest BCUT2D eigenvalue weighted by Crippen LogP contribution is -2.35.